The maximum absolute atomic E-state index is 13.2. The molecule has 12 heteroatoms. The molecule has 0 radical (unpaired) electrons. The van der Waals surface area contributed by atoms with E-state index in [1.807, 2.05) is 0 Å². The van der Waals surface area contributed by atoms with Crippen LogP contribution in [0.2, 0.25) is 0 Å². The molecule has 3 aromatic carbocycles. The van der Waals surface area contributed by atoms with E-state index in [1.54, 1.807) is 37.3 Å². The Morgan fingerprint density at radius 1 is 0.578 bits per heavy atom. The Kier molecular flexibility index (Phi) is 12.4. The van der Waals surface area contributed by atoms with Crippen LogP contribution in [0.1, 0.15) is 50.0 Å². The van der Waals surface area contributed by atoms with Crippen molar-refractivity contribution in [3.8, 4) is 28.7 Å². The number of benzene rings is 3. The summed E-state index contributed by atoms with van der Waals surface area (Å²) in [5.41, 5.74) is -0.186. The van der Waals surface area contributed by atoms with Gasteiger partial charge in [0, 0.05) is 12.1 Å². The van der Waals surface area contributed by atoms with Gasteiger partial charge in [-0.1, -0.05) is 13.0 Å². The lowest BCUT2D eigenvalue weighted by Crippen LogP contribution is -2.39. The van der Waals surface area contributed by atoms with Crippen LogP contribution in [0.15, 0.2) is 54.6 Å². The van der Waals surface area contributed by atoms with Crippen LogP contribution in [0.3, 0.4) is 0 Å². The maximum Gasteiger partial charge on any atom is 0.341 e. The van der Waals surface area contributed by atoms with Crippen LogP contribution in [-0.4, -0.2) is 78.4 Å². The standard InChI is InChI=1S/C33H38O12/c1-7-33(18-43-30(35)24-11-8-21(17-34)14-27(24)40-4,19-44-31(36)25-12-9-22(38-2)15-28(25)41-5)20-45-32(37)26-13-10-23(39-3)16-29(26)42-6/h8-16,34H,7,17-20H2,1-6H3. The molecule has 0 unspecified atom stereocenters. The number of carbonyl (C=O) groups excluding carboxylic acids is 3. The van der Waals surface area contributed by atoms with Crippen molar-refractivity contribution in [2.24, 2.45) is 5.41 Å². The van der Waals surface area contributed by atoms with Crippen LogP contribution in [0.25, 0.3) is 0 Å². The van der Waals surface area contributed by atoms with Crippen molar-refractivity contribution in [3.05, 3.63) is 76.9 Å². The van der Waals surface area contributed by atoms with Crippen molar-refractivity contribution >= 4 is 17.9 Å². The minimum atomic E-state index is -1.15. The molecule has 3 rings (SSSR count). The number of aliphatic hydroxyl groups is 1. The van der Waals surface area contributed by atoms with Crippen molar-refractivity contribution in [1.29, 1.82) is 0 Å². The quantitative estimate of drug-likeness (QED) is 0.177. The Morgan fingerprint density at radius 3 is 1.29 bits per heavy atom. The third-order valence-electron chi connectivity index (χ3n) is 7.20. The van der Waals surface area contributed by atoms with Crippen molar-refractivity contribution in [1.82, 2.24) is 0 Å². The van der Waals surface area contributed by atoms with Crippen LogP contribution < -0.4 is 23.7 Å². The zero-order valence-corrected chi connectivity index (χ0v) is 26.2. The lowest BCUT2D eigenvalue weighted by atomic mass is 9.88. The van der Waals surface area contributed by atoms with Gasteiger partial charge in [-0.25, -0.2) is 14.4 Å². The molecule has 45 heavy (non-hydrogen) atoms. The van der Waals surface area contributed by atoms with E-state index in [0.29, 0.717) is 17.1 Å². The number of carbonyl (C=O) groups is 3. The molecule has 0 aromatic heterocycles. The number of hydrogen-bond acceptors (Lipinski definition) is 12. The topological polar surface area (TPSA) is 145 Å². The number of ether oxygens (including phenoxy) is 8. The predicted octanol–water partition coefficient (Wildman–Crippen LogP) is 4.49. The summed E-state index contributed by atoms with van der Waals surface area (Å²) < 4.78 is 43.4. The zero-order chi connectivity index (χ0) is 33.0. The van der Waals surface area contributed by atoms with Crippen molar-refractivity contribution < 1.29 is 57.4 Å². The van der Waals surface area contributed by atoms with Gasteiger partial charge in [0.05, 0.1) is 47.6 Å². The lowest BCUT2D eigenvalue weighted by molar-refractivity contribution is -0.0383. The first-order valence-corrected chi connectivity index (χ1v) is 13.9. The monoisotopic (exact) mass is 626 g/mol. The molecule has 12 nitrogen and oxygen atoms in total. The Labute approximate surface area is 261 Å². The minimum Gasteiger partial charge on any atom is -0.497 e. The highest BCUT2D eigenvalue weighted by atomic mass is 16.6. The molecule has 0 saturated heterocycles. The Morgan fingerprint density at radius 2 is 0.956 bits per heavy atom. The smallest absolute Gasteiger partial charge is 0.341 e. The number of rotatable bonds is 16. The molecular weight excluding hydrogens is 588 g/mol. The summed E-state index contributed by atoms with van der Waals surface area (Å²) in [6, 6.07) is 13.9. The fourth-order valence-electron chi connectivity index (χ4n) is 4.26. The van der Waals surface area contributed by atoms with Gasteiger partial charge in [-0.3, -0.25) is 0 Å². The van der Waals surface area contributed by atoms with E-state index in [-0.39, 0.29) is 66.8 Å². The van der Waals surface area contributed by atoms with E-state index in [0.717, 1.165) is 0 Å². The first-order valence-electron chi connectivity index (χ1n) is 13.9. The summed E-state index contributed by atoms with van der Waals surface area (Å²) in [5, 5.41) is 9.44. The number of hydrogen-bond donors (Lipinski definition) is 1. The van der Waals surface area contributed by atoms with E-state index >= 15 is 0 Å². The van der Waals surface area contributed by atoms with Gasteiger partial charge in [-0.2, -0.15) is 0 Å². The van der Waals surface area contributed by atoms with Gasteiger partial charge in [-0.05, 0) is 48.4 Å². The summed E-state index contributed by atoms with van der Waals surface area (Å²) in [7, 11) is 7.20. The molecule has 0 spiro atoms. The van der Waals surface area contributed by atoms with Crippen molar-refractivity contribution in [2.75, 3.05) is 55.4 Å². The Bertz CT molecular complexity index is 1310. The second-order valence-electron chi connectivity index (χ2n) is 9.91. The molecule has 1 N–H and O–H groups in total. The average Bonchev–Trinajstić information content (AvgIpc) is 3.09. The van der Waals surface area contributed by atoms with E-state index in [1.165, 1.54) is 59.8 Å². The third kappa shape index (κ3) is 8.57. The fraction of sp³-hybridized carbons (Fsp3) is 0.364. The van der Waals surface area contributed by atoms with Crippen LogP contribution >= 0.6 is 0 Å². The molecule has 0 aliphatic carbocycles. The van der Waals surface area contributed by atoms with E-state index in [9.17, 15) is 19.5 Å². The molecular formula is C33H38O12. The van der Waals surface area contributed by atoms with Gasteiger partial charge in [0.2, 0.25) is 0 Å². The van der Waals surface area contributed by atoms with Crippen molar-refractivity contribution in [2.45, 2.75) is 20.0 Å². The molecule has 0 bridgehead atoms. The summed E-state index contributed by atoms with van der Waals surface area (Å²) in [5.74, 6) is -0.465. The Hall–Kier alpha value is -4.97. The van der Waals surface area contributed by atoms with Gasteiger partial charge >= 0.3 is 17.9 Å². The largest absolute Gasteiger partial charge is 0.497 e. The lowest BCUT2D eigenvalue weighted by Gasteiger charge is -2.31. The average molecular weight is 627 g/mol. The number of aliphatic hydroxyl groups excluding tert-OH is 1. The molecule has 0 fully saturated rings. The number of methoxy groups -OCH3 is 5. The molecule has 0 heterocycles. The first kappa shape index (κ1) is 34.5. The highest BCUT2D eigenvalue weighted by molar-refractivity contribution is 5.94. The molecule has 0 aliphatic rings. The summed E-state index contributed by atoms with van der Waals surface area (Å²) >= 11 is 0. The summed E-state index contributed by atoms with van der Waals surface area (Å²) in [4.78, 5) is 39.5. The summed E-state index contributed by atoms with van der Waals surface area (Å²) in [6.07, 6.45) is 0.279. The van der Waals surface area contributed by atoms with Crippen LogP contribution in [0.4, 0.5) is 0 Å². The zero-order valence-electron chi connectivity index (χ0n) is 26.2. The van der Waals surface area contributed by atoms with Gasteiger partial charge in [0.25, 0.3) is 0 Å². The third-order valence-corrected chi connectivity index (χ3v) is 7.20. The van der Waals surface area contributed by atoms with Crippen LogP contribution in [0.5, 0.6) is 28.7 Å². The molecule has 0 aliphatic heterocycles. The minimum absolute atomic E-state index is 0.125. The first-order chi connectivity index (χ1) is 21.7. The maximum atomic E-state index is 13.2. The van der Waals surface area contributed by atoms with Crippen LogP contribution in [0, 0.1) is 5.41 Å². The number of esters is 3. The van der Waals surface area contributed by atoms with Crippen molar-refractivity contribution in [3.63, 3.8) is 0 Å². The van der Waals surface area contributed by atoms with E-state index in [2.05, 4.69) is 0 Å². The second kappa shape index (κ2) is 16.2. The molecule has 0 amide bonds. The van der Waals surface area contributed by atoms with Crippen LogP contribution in [-0.2, 0) is 20.8 Å². The van der Waals surface area contributed by atoms with Gasteiger partial charge in [0.1, 0.15) is 65.3 Å². The SMILES string of the molecule is CCC(COC(=O)c1ccc(CO)cc1OC)(COC(=O)c1ccc(OC)cc1OC)COC(=O)c1ccc(OC)cc1OC. The van der Waals surface area contributed by atoms with Gasteiger partial charge < -0.3 is 43.0 Å². The second-order valence-corrected chi connectivity index (χ2v) is 9.91. The molecule has 0 saturated carbocycles. The highest BCUT2D eigenvalue weighted by Gasteiger charge is 2.36. The normalized spacial score (nSPS) is 10.8. The summed E-state index contributed by atoms with van der Waals surface area (Å²) in [6.45, 7) is 0.706. The molecule has 242 valence electrons. The van der Waals surface area contributed by atoms with E-state index in [4.69, 9.17) is 37.9 Å². The Balaban J connectivity index is 1.87. The fourth-order valence-corrected chi connectivity index (χ4v) is 4.26. The van der Waals surface area contributed by atoms with Gasteiger partial charge in [0.15, 0.2) is 0 Å². The molecule has 0 atom stereocenters. The predicted molar refractivity (Wildman–Crippen MR) is 162 cm³/mol. The van der Waals surface area contributed by atoms with E-state index < -0.39 is 23.3 Å². The van der Waals surface area contributed by atoms with Gasteiger partial charge in [-0.15, -0.1) is 0 Å². The molecule has 3 aromatic rings. The highest BCUT2D eigenvalue weighted by Crippen LogP contribution is 2.31.